The highest BCUT2D eigenvalue weighted by atomic mass is 79.9. The van der Waals surface area contributed by atoms with Gasteiger partial charge in [0.25, 0.3) is 5.91 Å². The topological polar surface area (TPSA) is 75.7 Å². The van der Waals surface area contributed by atoms with E-state index in [0.29, 0.717) is 42.6 Å². The second-order valence-corrected chi connectivity index (χ2v) is 11.0. The molecule has 0 bridgehead atoms. The van der Waals surface area contributed by atoms with Crippen molar-refractivity contribution in [3.63, 3.8) is 0 Å². The maximum absolute atomic E-state index is 12.9. The number of anilines is 1. The van der Waals surface area contributed by atoms with E-state index in [4.69, 9.17) is 4.74 Å². The molecule has 1 aliphatic rings. The number of benzene rings is 2. The lowest BCUT2D eigenvalue weighted by molar-refractivity contribution is 0.102. The van der Waals surface area contributed by atoms with Gasteiger partial charge in [-0.05, 0) is 67.6 Å². The number of ether oxygens (including phenoxy) is 1. The zero-order valence-electron chi connectivity index (χ0n) is 17.9. The van der Waals surface area contributed by atoms with E-state index in [1.165, 1.54) is 4.31 Å². The van der Waals surface area contributed by atoms with Crippen LogP contribution in [0.4, 0.5) is 5.69 Å². The van der Waals surface area contributed by atoms with Gasteiger partial charge in [-0.3, -0.25) is 4.79 Å². The largest absolute Gasteiger partial charge is 0.493 e. The van der Waals surface area contributed by atoms with Crippen molar-refractivity contribution in [1.82, 2.24) is 4.31 Å². The number of nitrogens with one attached hydrogen (secondary N) is 1. The second-order valence-electron chi connectivity index (χ2n) is 8.11. The number of halogens is 1. The molecular formula is C23H29BrN2O4S. The van der Waals surface area contributed by atoms with Gasteiger partial charge in [-0.1, -0.05) is 36.2 Å². The summed E-state index contributed by atoms with van der Waals surface area (Å²) in [7, 11) is -3.49. The van der Waals surface area contributed by atoms with Crippen LogP contribution in [0.15, 0.2) is 51.8 Å². The summed E-state index contributed by atoms with van der Waals surface area (Å²) in [6, 6.07) is 11.6. The molecule has 1 heterocycles. The Morgan fingerprint density at radius 3 is 2.42 bits per heavy atom. The van der Waals surface area contributed by atoms with Crippen molar-refractivity contribution in [2.24, 2.45) is 5.92 Å². The summed E-state index contributed by atoms with van der Waals surface area (Å²) in [6.45, 7) is 5.89. The highest BCUT2D eigenvalue weighted by Gasteiger charge is 2.25. The monoisotopic (exact) mass is 508 g/mol. The third-order valence-electron chi connectivity index (χ3n) is 5.20. The molecule has 6 nitrogen and oxygen atoms in total. The van der Waals surface area contributed by atoms with Crippen molar-refractivity contribution < 1.29 is 17.9 Å². The normalized spacial score (nSPS) is 15.1. The molecule has 1 amide bonds. The average molecular weight is 509 g/mol. The molecule has 3 rings (SSSR count). The van der Waals surface area contributed by atoms with Crippen LogP contribution in [0.5, 0.6) is 5.75 Å². The lowest BCUT2D eigenvalue weighted by atomic mass is 10.1. The van der Waals surface area contributed by atoms with Gasteiger partial charge in [-0.25, -0.2) is 8.42 Å². The van der Waals surface area contributed by atoms with Crippen molar-refractivity contribution in [3.05, 3.63) is 52.5 Å². The number of piperidine rings is 1. The number of sulfonamides is 1. The Hall–Kier alpha value is -1.90. The molecule has 2 aromatic rings. The van der Waals surface area contributed by atoms with E-state index in [1.807, 2.05) is 6.07 Å². The van der Waals surface area contributed by atoms with Crippen molar-refractivity contribution in [2.75, 3.05) is 25.0 Å². The van der Waals surface area contributed by atoms with Crippen molar-refractivity contribution in [2.45, 2.75) is 44.4 Å². The molecular weight excluding hydrogens is 480 g/mol. The van der Waals surface area contributed by atoms with Crippen molar-refractivity contribution >= 4 is 37.5 Å². The third kappa shape index (κ3) is 6.30. The molecule has 0 aromatic heterocycles. The van der Waals surface area contributed by atoms with Crippen LogP contribution in [0.1, 0.15) is 49.9 Å². The summed E-state index contributed by atoms with van der Waals surface area (Å²) < 4.78 is 33.7. The van der Waals surface area contributed by atoms with Crippen molar-refractivity contribution in [1.29, 1.82) is 0 Å². The van der Waals surface area contributed by atoms with E-state index in [2.05, 4.69) is 35.1 Å². The quantitative estimate of drug-likeness (QED) is 0.524. The number of nitrogens with zero attached hydrogens (tertiary/aromatic N) is 1. The minimum atomic E-state index is -3.49. The van der Waals surface area contributed by atoms with Gasteiger partial charge in [0.05, 0.1) is 17.1 Å². The van der Waals surface area contributed by atoms with E-state index in [0.717, 1.165) is 30.2 Å². The van der Waals surface area contributed by atoms with E-state index in [9.17, 15) is 13.2 Å². The SMILES string of the molecule is CC(C)CCOc1ccc(Br)cc1C(=O)Nc1ccc(S(=O)(=O)N2CCCCC2)cc1. The number of rotatable bonds is 8. The lowest BCUT2D eigenvalue weighted by Gasteiger charge is -2.25. The van der Waals surface area contributed by atoms with Gasteiger partial charge >= 0.3 is 0 Å². The predicted molar refractivity (Wildman–Crippen MR) is 126 cm³/mol. The smallest absolute Gasteiger partial charge is 0.259 e. The third-order valence-corrected chi connectivity index (χ3v) is 7.61. The second kappa shape index (κ2) is 10.6. The first-order chi connectivity index (χ1) is 14.8. The number of hydrogen-bond donors (Lipinski definition) is 1. The summed E-state index contributed by atoms with van der Waals surface area (Å²) in [6.07, 6.45) is 3.74. The number of carbonyl (C=O) groups is 1. The van der Waals surface area contributed by atoms with E-state index in [-0.39, 0.29) is 10.8 Å². The first-order valence-electron chi connectivity index (χ1n) is 10.6. The fourth-order valence-electron chi connectivity index (χ4n) is 3.37. The Labute approximate surface area is 193 Å². The first kappa shape index (κ1) is 23.8. The van der Waals surface area contributed by atoms with Crippen LogP contribution in [0.3, 0.4) is 0 Å². The van der Waals surface area contributed by atoms with E-state index < -0.39 is 10.0 Å². The molecule has 8 heteroatoms. The molecule has 0 saturated carbocycles. The Kier molecular flexibility index (Phi) is 8.13. The first-order valence-corrected chi connectivity index (χ1v) is 12.8. The molecule has 1 aliphatic heterocycles. The predicted octanol–water partition coefficient (Wildman–Crippen LogP) is 5.30. The summed E-state index contributed by atoms with van der Waals surface area (Å²) >= 11 is 3.40. The number of amides is 1. The minimum Gasteiger partial charge on any atom is -0.493 e. The van der Waals surface area contributed by atoms with Crippen LogP contribution < -0.4 is 10.1 Å². The fourth-order valence-corrected chi connectivity index (χ4v) is 5.25. The van der Waals surface area contributed by atoms with Crippen LogP contribution in [-0.4, -0.2) is 38.3 Å². The molecule has 168 valence electrons. The lowest BCUT2D eigenvalue weighted by Crippen LogP contribution is -2.35. The molecule has 1 saturated heterocycles. The van der Waals surface area contributed by atoms with Gasteiger partial charge in [0, 0.05) is 23.2 Å². The standard InChI is InChI=1S/C23H29BrN2O4S/c1-17(2)12-15-30-22-11-6-18(24)16-21(22)23(27)25-19-7-9-20(10-8-19)31(28,29)26-13-4-3-5-14-26/h6-11,16-17H,3-5,12-15H2,1-2H3,(H,25,27). The Morgan fingerprint density at radius 1 is 1.10 bits per heavy atom. The van der Waals surface area contributed by atoms with Crippen molar-refractivity contribution in [3.8, 4) is 5.75 Å². The van der Waals surface area contributed by atoms with Crippen LogP contribution in [0.25, 0.3) is 0 Å². The molecule has 1 fully saturated rings. The zero-order chi connectivity index (χ0) is 22.4. The summed E-state index contributed by atoms with van der Waals surface area (Å²) in [4.78, 5) is 13.1. The highest BCUT2D eigenvalue weighted by molar-refractivity contribution is 9.10. The Morgan fingerprint density at radius 2 is 1.77 bits per heavy atom. The van der Waals surface area contributed by atoms with Gasteiger partial charge in [-0.2, -0.15) is 4.31 Å². The number of carbonyl (C=O) groups excluding carboxylic acids is 1. The Balaban J connectivity index is 1.71. The van der Waals surface area contributed by atoms with Gasteiger partial charge < -0.3 is 10.1 Å². The van der Waals surface area contributed by atoms with Gasteiger partial charge in [0.15, 0.2) is 0 Å². The summed E-state index contributed by atoms with van der Waals surface area (Å²) in [5.41, 5.74) is 0.943. The molecule has 0 spiro atoms. The van der Waals surface area contributed by atoms with Crippen LogP contribution in [-0.2, 0) is 10.0 Å². The van der Waals surface area contributed by atoms with Crippen LogP contribution in [0.2, 0.25) is 0 Å². The number of hydrogen-bond acceptors (Lipinski definition) is 4. The summed E-state index contributed by atoms with van der Waals surface area (Å²) in [5, 5.41) is 2.84. The molecule has 0 radical (unpaired) electrons. The summed E-state index contributed by atoms with van der Waals surface area (Å²) in [5.74, 6) is 0.714. The van der Waals surface area contributed by atoms with Crippen LogP contribution in [0, 0.1) is 5.92 Å². The molecule has 0 aliphatic carbocycles. The van der Waals surface area contributed by atoms with E-state index in [1.54, 1.807) is 36.4 Å². The average Bonchev–Trinajstić information content (AvgIpc) is 2.75. The molecule has 1 N–H and O–H groups in total. The minimum absolute atomic E-state index is 0.243. The maximum Gasteiger partial charge on any atom is 0.259 e. The molecule has 0 atom stereocenters. The molecule has 2 aromatic carbocycles. The zero-order valence-corrected chi connectivity index (χ0v) is 20.3. The maximum atomic E-state index is 12.9. The van der Waals surface area contributed by atoms with E-state index >= 15 is 0 Å². The molecule has 31 heavy (non-hydrogen) atoms. The molecule has 0 unspecified atom stereocenters. The Bertz CT molecular complexity index is 1000. The van der Waals surface area contributed by atoms with Gasteiger partial charge in [-0.15, -0.1) is 0 Å². The fraction of sp³-hybridized carbons (Fsp3) is 0.435. The van der Waals surface area contributed by atoms with Gasteiger partial charge in [0.2, 0.25) is 10.0 Å². The van der Waals surface area contributed by atoms with Crippen LogP contribution >= 0.6 is 15.9 Å². The van der Waals surface area contributed by atoms with Gasteiger partial charge in [0.1, 0.15) is 5.75 Å². The highest BCUT2D eigenvalue weighted by Crippen LogP contribution is 2.26.